The molecule has 0 N–H and O–H groups in total. The molecule has 5 nitrogen and oxygen atoms in total. The molecule has 0 aliphatic heterocycles. The third-order valence-corrected chi connectivity index (χ3v) is 2.71. The minimum Gasteiger partial charge on any atom is -0.497 e. The maximum atomic E-state index is 5.23. The van der Waals surface area contributed by atoms with Crippen molar-refractivity contribution in [1.82, 2.24) is 19.6 Å². The molecule has 0 radical (unpaired) electrons. The lowest BCUT2D eigenvalue weighted by molar-refractivity contribution is 0.415. The summed E-state index contributed by atoms with van der Waals surface area (Å²) in [6, 6.07) is 9.74. The van der Waals surface area contributed by atoms with Crippen LogP contribution in [-0.2, 0) is 0 Å². The van der Waals surface area contributed by atoms with E-state index < -0.39 is 0 Å². The molecule has 18 heavy (non-hydrogen) atoms. The molecule has 0 aliphatic rings. The quantitative estimate of drug-likeness (QED) is 0.688. The van der Waals surface area contributed by atoms with Crippen LogP contribution in [0.1, 0.15) is 5.82 Å². The summed E-state index contributed by atoms with van der Waals surface area (Å²) < 4.78 is 6.97. The van der Waals surface area contributed by atoms with Gasteiger partial charge in [-0.05, 0) is 25.1 Å². The van der Waals surface area contributed by atoms with Crippen LogP contribution in [0.5, 0.6) is 5.75 Å². The summed E-state index contributed by atoms with van der Waals surface area (Å²) in [5, 5.41) is 4.35. The molecule has 0 unspecified atom stereocenters. The molecule has 0 saturated carbocycles. The molecule has 3 aromatic rings. The van der Waals surface area contributed by atoms with E-state index in [0.717, 1.165) is 17.0 Å². The first kappa shape index (κ1) is 10.7. The van der Waals surface area contributed by atoms with Gasteiger partial charge in [-0.3, -0.25) is 0 Å². The van der Waals surface area contributed by atoms with E-state index in [9.17, 15) is 0 Å². The molecule has 1 aromatic carbocycles. The van der Waals surface area contributed by atoms with Crippen molar-refractivity contribution in [2.24, 2.45) is 0 Å². The molecule has 0 aliphatic carbocycles. The van der Waals surface area contributed by atoms with E-state index in [0.29, 0.717) is 11.6 Å². The summed E-state index contributed by atoms with van der Waals surface area (Å²) in [6.45, 7) is 1.85. The van der Waals surface area contributed by atoms with Gasteiger partial charge in [0.25, 0.3) is 5.78 Å². The lowest BCUT2D eigenvalue weighted by Crippen LogP contribution is -1.96. The van der Waals surface area contributed by atoms with Crippen LogP contribution in [0.25, 0.3) is 17.0 Å². The van der Waals surface area contributed by atoms with Gasteiger partial charge in [-0.1, -0.05) is 12.1 Å². The van der Waals surface area contributed by atoms with Gasteiger partial charge in [-0.15, -0.1) is 5.10 Å². The van der Waals surface area contributed by atoms with E-state index >= 15 is 0 Å². The van der Waals surface area contributed by atoms with Crippen molar-refractivity contribution < 1.29 is 4.74 Å². The highest BCUT2D eigenvalue weighted by Gasteiger charge is 2.08. The van der Waals surface area contributed by atoms with Gasteiger partial charge >= 0.3 is 0 Å². The van der Waals surface area contributed by atoms with Crippen molar-refractivity contribution >= 4 is 5.78 Å². The van der Waals surface area contributed by atoms with Crippen LogP contribution in [0.4, 0.5) is 0 Å². The first-order valence-corrected chi connectivity index (χ1v) is 5.61. The lowest BCUT2D eigenvalue weighted by atomic mass is 10.1. The largest absolute Gasteiger partial charge is 0.497 e. The fourth-order valence-electron chi connectivity index (χ4n) is 1.90. The molecule has 0 amide bonds. The highest BCUT2D eigenvalue weighted by atomic mass is 16.5. The Bertz CT molecular complexity index is 705. The molecule has 0 spiro atoms. The van der Waals surface area contributed by atoms with Gasteiger partial charge < -0.3 is 4.74 Å². The summed E-state index contributed by atoms with van der Waals surface area (Å²) >= 11 is 0. The van der Waals surface area contributed by atoms with Crippen molar-refractivity contribution in [3.05, 3.63) is 42.4 Å². The molecule has 3 rings (SSSR count). The minimum atomic E-state index is 0.604. The van der Waals surface area contributed by atoms with Crippen LogP contribution >= 0.6 is 0 Å². The molecule has 0 atom stereocenters. The third-order valence-electron chi connectivity index (χ3n) is 2.71. The van der Waals surface area contributed by atoms with Crippen LogP contribution in [0, 0.1) is 6.92 Å². The normalized spacial score (nSPS) is 10.8. The number of rotatable bonds is 2. The van der Waals surface area contributed by atoms with Crippen LogP contribution in [0.15, 0.2) is 36.5 Å². The number of fused-ring (bicyclic) bond motifs is 1. The van der Waals surface area contributed by atoms with Crippen molar-refractivity contribution in [1.29, 1.82) is 0 Å². The lowest BCUT2D eigenvalue weighted by Gasteiger charge is -2.05. The third kappa shape index (κ3) is 1.69. The number of aromatic nitrogens is 4. The monoisotopic (exact) mass is 240 g/mol. The Morgan fingerprint density at radius 1 is 1.22 bits per heavy atom. The number of ether oxygens (including phenoxy) is 1. The second-order valence-corrected chi connectivity index (χ2v) is 3.93. The Morgan fingerprint density at radius 3 is 2.94 bits per heavy atom. The van der Waals surface area contributed by atoms with Gasteiger partial charge in [0.2, 0.25) is 0 Å². The zero-order valence-electron chi connectivity index (χ0n) is 10.2. The van der Waals surface area contributed by atoms with E-state index in [1.54, 1.807) is 17.8 Å². The second kappa shape index (κ2) is 4.10. The molecule has 0 bridgehead atoms. The van der Waals surface area contributed by atoms with Gasteiger partial charge in [0.1, 0.15) is 11.6 Å². The summed E-state index contributed by atoms with van der Waals surface area (Å²) in [5.41, 5.74) is 1.96. The molecule has 0 fully saturated rings. The highest BCUT2D eigenvalue weighted by Crippen LogP contribution is 2.23. The van der Waals surface area contributed by atoms with E-state index in [4.69, 9.17) is 4.74 Å². The van der Waals surface area contributed by atoms with Gasteiger partial charge in [0.05, 0.1) is 12.8 Å². The maximum Gasteiger partial charge on any atom is 0.252 e. The van der Waals surface area contributed by atoms with Gasteiger partial charge in [0.15, 0.2) is 0 Å². The molecule has 2 heterocycles. The number of hydrogen-bond acceptors (Lipinski definition) is 4. The highest BCUT2D eigenvalue weighted by molar-refractivity contribution is 5.63. The Labute approximate surface area is 104 Å². The fraction of sp³-hybridized carbons (Fsp3) is 0.154. The van der Waals surface area contributed by atoms with Crippen molar-refractivity contribution in [2.45, 2.75) is 6.92 Å². The average Bonchev–Trinajstić information content (AvgIpc) is 2.78. The SMILES string of the molecule is COc1cccc(-c2ccnc3nc(C)nn23)c1. The molecule has 2 aromatic heterocycles. The van der Waals surface area contributed by atoms with Crippen molar-refractivity contribution in [2.75, 3.05) is 7.11 Å². The first-order chi connectivity index (χ1) is 8.78. The van der Waals surface area contributed by atoms with Crippen LogP contribution < -0.4 is 4.74 Å². The van der Waals surface area contributed by atoms with Gasteiger partial charge in [0, 0.05) is 11.8 Å². The van der Waals surface area contributed by atoms with Crippen molar-refractivity contribution in [3.8, 4) is 17.0 Å². The zero-order chi connectivity index (χ0) is 12.5. The summed E-state index contributed by atoms with van der Waals surface area (Å²) in [6.07, 6.45) is 1.73. The molecule has 90 valence electrons. The van der Waals surface area contributed by atoms with E-state index in [-0.39, 0.29) is 0 Å². The number of aryl methyl sites for hydroxylation is 1. The van der Waals surface area contributed by atoms with Gasteiger partial charge in [-0.2, -0.15) is 9.50 Å². The number of nitrogens with zero attached hydrogens (tertiary/aromatic N) is 4. The molecule has 5 heteroatoms. The number of hydrogen-bond donors (Lipinski definition) is 0. The number of methoxy groups -OCH3 is 1. The summed E-state index contributed by atoms with van der Waals surface area (Å²) in [4.78, 5) is 8.44. The van der Waals surface area contributed by atoms with Gasteiger partial charge in [-0.25, -0.2) is 4.98 Å². The van der Waals surface area contributed by atoms with E-state index in [1.807, 2.05) is 37.3 Å². The summed E-state index contributed by atoms with van der Waals surface area (Å²) in [5.74, 6) is 2.12. The Hall–Kier alpha value is -2.43. The van der Waals surface area contributed by atoms with E-state index in [2.05, 4.69) is 15.1 Å². The van der Waals surface area contributed by atoms with E-state index in [1.165, 1.54) is 0 Å². The maximum absolute atomic E-state index is 5.23. The Morgan fingerprint density at radius 2 is 2.11 bits per heavy atom. The smallest absolute Gasteiger partial charge is 0.252 e. The fourth-order valence-corrected chi connectivity index (χ4v) is 1.90. The first-order valence-electron chi connectivity index (χ1n) is 5.61. The second-order valence-electron chi connectivity index (χ2n) is 3.93. The predicted octanol–water partition coefficient (Wildman–Crippen LogP) is 2.11. The Balaban J connectivity index is 2.24. The summed E-state index contributed by atoms with van der Waals surface area (Å²) in [7, 11) is 1.65. The van der Waals surface area contributed by atoms with Crippen molar-refractivity contribution in [3.63, 3.8) is 0 Å². The number of benzene rings is 1. The average molecular weight is 240 g/mol. The molecular formula is C13H12N4O. The minimum absolute atomic E-state index is 0.604. The van der Waals surface area contributed by atoms with Crippen LogP contribution in [-0.4, -0.2) is 26.7 Å². The topological polar surface area (TPSA) is 52.3 Å². The van der Waals surface area contributed by atoms with Crippen LogP contribution in [0.2, 0.25) is 0 Å². The predicted molar refractivity (Wildman–Crippen MR) is 67.5 cm³/mol. The standard InChI is InChI=1S/C13H12N4O/c1-9-15-13-14-7-6-12(17(13)16-9)10-4-3-5-11(8-10)18-2/h3-8H,1-2H3. The van der Waals surface area contributed by atoms with Crippen LogP contribution in [0.3, 0.4) is 0 Å². The zero-order valence-corrected chi connectivity index (χ0v) is 10.2. The molecule has 0 saturated heterocycles. The molecular weight excluding hydrogens is 228 g/mol. The Kier molecular flexibility index (Phi) is 2.44.